The summed E-state index contributed by atoms with van der Waals surface area (Å²) < 4.78 is 44.5. The normalized spacial score (nSPS) is 24.6. The van der Waals surface area contributed by atoms with Crippen molar-refractivity contribution >= 4 is 98.7 Å². The fourth-order valence-corrected chi connectivity index (χ4v) is 20.7. The van der Waals surface area contributed by atoms with Gasteiger partial charge in [0.05, 0.1) is 38.5 Å². The summed E-state index contributed by atoms with van der Waals surface area (Å²) in [6.45, 7) is 6.70. The number of nitro benzene ring substituents is 1. The number of urea groups is 1. The molecule has 1 aliphatic heterocycles. The summed E-state index contributed by atoms with van der Waals surface area (Å²) in [6.07, 6.45) is 17.0. The minimum atomic E-state index is -4.64. The molecule has 0 spiro atoms. The highest BCUT2D eigenvalue weighted by Gasteiger charge is 2.65. The number of aliphatic hydroxyl groups is 4. The van der Waals surface area contributed by atoms with Crippen molar-refractivity contribution in [3.05, 3.63) is 240 Å². The number of rotatable bonds is 16. The Morgan fingerprint density at radius 3 is 2.08 bits per heavy atom. The van der Waals surface area contributed by atoms with E-state index < -0.39 is 103 Å². The number of benzodiazepines with no additional fused rings is 1. The first kappa shape index (κ1) is 98.0. The van der Waals surface area contributed by atoms with Gasteiger partial charge in [0.25, 0.3) is 17.5 Å². The summed E-state index contributed by atoms with van der Waals surface area (Å²) in [7, 11) is 9.92. The van der Waals surface area contributed by atoms with E-state index in [1.165, 1.54) is 65.4 Å². The van der Waals surface area contributed by atoms with Gasteiger partial charge in [0.15, 0.2) is 17.2 Å². The number of aliphatic carboxylic acids is 1. The molecule has 6 aromatic carbocycles. The predicted octanol–water partition coefficient (Wildman–Crippen LogP) is 14.9. The van der Waals surface area contributed by atoms with Gasteiger partial charge in [-0.3, -0.25) is 58.6 Å². The average molecular weight is 1830 g/mol. The molecule has 6 amide bonds. The van der Waals surface area contributed by atoms with Gasteiger partial charge in [-0.05, 0) is 223 Å². The summed E-state index contributed by atoms with van der Waals surface area (Å²) in [5.41, 5.74) is 6.42. The number of terminal acetylenes is 1. The van der Waals surface area contributed by atoms with Crippen molar-refractivity contribution < 1.29 is 96.6 Å². The lowest BCUT2D eigenvalue weighted by molar-refractivity contribution is -0.384. The molecular weight excluding hydrogens is 1720 g/mol. The van der Waals surface area contributed by atoms with Crippen LogP contribution in [0, 0.1) is 81.1 Å². The third-order valence-electron chi connectivity index (χ3n) is 27.4. The van der Waals surface area contributed by atoms with Gasteiger partial charge in [-0.25, -0.2) is 9.59 Å². The Balaban J connectivity index is 0.000000151. The number of nitrogens with zero attached hydrogens (tertiary/aromatic N) is 6. The first-order valence-corrected chi connectivity index (χ1v) is 44.1. The Morgan fingerprint density at radius 1 is 0.795 bits per heavy atom. The molecule has 2 heterocycles. The molecule has 4 fully saturated rings. The molecule has 9 aliphatic rings. The van der Waals surface area contributed by atoms with Crippen molar-refractivity contribution in [1.29, 1.82) is 0 Å². The largest absolute Gasteiger partial charge is 0.510 e. The van der Waals surface area contributed by atoms with Crippen LogP contribution in [0.2, 0.25) is 5.02 Å². The number of hydrogen-bond donors (Lipinski definition) is 11. The highest BCUT2D eigenvalue weighted by molar-refractivity contribution is 6.31. The average Bonchev–Trinajstić information content (AvgIpc) is 1.02. The van der Waals surface area contributed by atoms with Crippen molar-refractivity contribution in [1.82, 2.24) is 20.5 Å². The topological polar surface area (TPSA) is 436 Å². The number of likely N-dealkylation sites (N-methyl/N-ethyl adjacent to an activating group) is 2. The number of carboxylic acid groups (broad SMARTS) is 1. The number of nitrogens with two attached hydrogens (primary N) is 1. The molecule has 0 unspecified atom stereocenters. The Labute approximate surface area is 767 Å². The number of anilines is 4. The van der Waals surface area contributed by atoms with Crippen LogP contribution < -0.4 is 41.5 Å². The maximum absolute atomic E-state index is 13.5. The van der Waals surface area contributed by atoms with Crippen LogP contribution in [-0.4, -0.2) is 176 Å². The van der Waals surface area contributed by atoms with Crippen LogP contribution >= 0.6 is 11.6 Å². The van der Waals surface area contributed by atoms with E-state index >= 15 is 0 Å². The number of Topliss-reactive ketones (excluding diaryl/α,β-unsaturated/α-hetero) is 2. The van der Waals surface area contributed by atoms with Gasteiger partial charge in [0, 0.05) is 116 Å². The number of amides is 6. The van der Waals surface area contributed by atoms with E-state index in [2.05, 4.69) is 57.9 Å². The first-order chi connectivity index (χ1) is 62.5. The molecule has 29 nitrogen and oxygen atoms in total. The number of nitrogens with one attached hydrogen (secondary N) is 4. The molecular formula is C99H109ClF3N11O18. The third kappa shape index (κ3) is 20.8. The lowest BCUT2D eigenvalue weighted by atomic mass is 9.50. The number of phenolic OH excluding ortho intramolecular Hbond substituents is 1. The number of pyridine rings is 1. The standard InChI is InChI=1S/C23H27N3O7.C21H16ClF3N4O3.C20H26O2.C19H27NO3.C16H13N3O3/c1-25(2)12-5-6-13(27)15-10(12)7-9-8-11-17(26(3)4)19(29)16(22(24)32)21(31)23(11,33)20(30)14(9)18(15)28;1-26-19(30)18-11-15(8-9-27-18)32-14-5-2-12(3-6-14)28-20(31)29-13-4-7-17(22)16(10-13)21(23,24)25;1-3-20(22)11-9-18-17-6-4-13-12-14(21)5-7-15(13)16(17)8-10-19(18,20)2;1-13(2)15-8-10-16(11-9-15)18(21)20-17(19(22)23)12-14-6-4-3-5-7-14;1-18-14-8-7-12(19(21)22)9-13(14)16(17-10-15(18)20)11-5-3-2-4-6-11/h5-6,9,11,17,27,29-30,33H,7-8H2,1-4H3,(H2,24,32);2-11H,1H3,(H,26,30)(H2,28,29,31);1,12,15-18,22H,4-11H2,2H3;3-7,13,15-17H,8-12H2,1-2H3,(H,20,21)(H,22,23);2-9H,10H2,1H3/t9-,11-,17-,23-;;15-,16+,17+,18-,19-,20-;15-,16-,17-;/m0.01./s1. The first-order valence-electron chi connectivity index (χ1n) is 43.8. The Morgan fingerprint density at radius 2 is 1.46 bits per heavy atom. The van der Waals surface area contributed by atoms with Crippen molar-refractivity contribution in [2.75, 3.05) is 69.3 Å². The number of allylic oxidation sites excluding steroid dienone is 2. The molecule has 11 atom stereocenters. The number of halogens is 4. The number of aliphatic imine (C=N–C) groups is 1. The number of fused-ring (bicyclic) bond motifs is 9. The fraction of sp³-hybridized carbons (Fsp3) is 0.404. The third-order valence-corrected chi connectivity index (χ3v) is 27.7. The maximum atomic E-state index is 13.5. The van der Waals surface area contributed by atoms with Gasteiger partial charge >= 0.3 is 18.2 Å². The van der Waals surface area contributed by atoms with E-state index in [0.717, 1.165) is 99.6 Å². The molecule has 132 heavy (non-hydrogen) atoms. The Bertz CT molecular complexity index is 5790. The number of carboxylic acids is 1. The highest BCUT2D eigenvalue weighted by Crippen LogP contribution is 2.65. The second-order valence-corrected chi connectivity index (χ2v) is 36.3. The number of aliphatic hydroxyl groups excluding tert-OH is 2. The van der Waals surface area contributed by atoms with Crippen molar-refractivity contribution in [3.63, 3.8) is 0 Å². The maximum Gasteiger partial charge on any atom is 0.417 e. The van der Waals surface area contributed by atoms with E-state index in [-0.39, 0.29) is 82.4 Å². The lowest BCUT2D eigenvalue weighted by Gasteiger charge is -2.54. The second-order valence-electron chi connectivity index (χ2n) is 35.9. The fourth-order valence-electron chi connectivity index (χ4n) is 20.5. The number of carbonyl (C=O) groups excluding carboxylic acids is 8. The number of alkyl halides is 3. The summed E-state index contributed by atoms with van der Waals surface area (Å²) in [4.78, 5) is 134. The van der Waals surface area contributed by atoms with E-state index in [1.807, 2.05) is 66.7 Å². The smallest absolute Gasteiger partial charge is 0.417 e. The van der Waals surface area contributed by atoms with Gasteiger partial charge < -0.3 is 72.2 Å². The summed E-state index contributed by atoms with van der Waals surface area (Å²) in [5, 5.41) is 84.8. The number of aromatic hydroxyl groups is 1. The van der Waals surface area contributed by atoms with Gasteiger partial charge in [0.1, 0.15) is 58.2 Å². The van der Waals surface area contributed by atoms with E-state index in [4.69, 9.17) is 28.5 Å². The molecule has 4 saturated carbocycles. The molecule has 0 radical (unpaired) electrons. The molecule has 0 bridgehead atoms. The van der Waals surface area contributed by atoms with Crippen LogP contribution in [0.4, 0.5) is 46.4 Å². The number of phenols is 1. The number of primary amides is 1. The van der Waals surface area contributed by atoms with Gasteiger partial charge in [-0.15, -0.1) is 6.42 Å². The number of aromatic nitrogens is 1. The number of ether oxygens (including phenoxy) is 1. The zero-order valence-corrected chi connectivity index (χ0v) is 75.4. The predicted molar refractivity (Wildman–Crippen MR) is 491 cm³/mol. The van der Waals surface area contributed by atoms with Crippen LogP contribution in [0.1, 0.15) is 153 Å². The summed E-state index contributed by atoms with van der Waals surface area (Å²) >= 11 is 5.57. The monoisotopic (exact) mass is 1830 g/mol. The van der Waals surface area contributed by atoms with E-state index in [1.54, 1.807) is 82.6 Å². The molecule has 16 rings (SSSR count). The number of ketones is 3. The number of hydrogen-bond acceptors (Lipinski definition) is 21. The zero-order chi connectivity index (χ0) is 95.9. The van der Waals surface area contributed by atoms with Crippen molar-refractivity contribution in [2.45, 2.75) is 147 Å². The van der Waals surface area contributed by atoms with Crippen LogP contribution in [0.5, 0.6) is 17.2 Å². The molecule has 1 aromatic heterocycles. The lowest BCUT2D eigenvalue weighted by Crippen LogP contribution is -2.63. The van der Waals surface area contributed by atoms with E-state index in [0.29, 0.717) is 87.4 Å². The van der Waals surface area contributed by atoms with Crippen LogP contribution in [0.15, 0.2) is 191 Å². The zero-order valence-electron chi connectivity index (χ0n) is 74.6. The molecule has 696 valence electrons. The summed E-state index contributed by atoms with van der Waals surface area (Å²) in [5.74, 6) is -0.334. The molecule has 0 saturated heterocycles. The molecule has 12 N–H and O–H groups in total. The van der Waals surface area contributed by atoms with Crippen molar-refractivity contribution in [2.24, 2.45) is 69.4 Å². The number of carbonyl (C=O) groups is 9. The van der Waals surface area contributed by atoms with Gasteiger partial charge in [0.2, 0.25) is 17.6 Å². The quantitative estimate of drug-likeness (QED) is 0.0185. The highest BCUT2D eigenvalue weighted by atomic mass is 35.5. The molecule has 8 aliphatic carbocycles. The molecule has 7 aromatic rings. The Kier molecular flexibility index (Phi) is 30.2. The summed E-state index contributed by atoms with van der Waals surface area (Å²) in [6, 6.07) is 36.0. The SMILES string of the molecule is C#C[C@]1(O)CC[C@H]2[C@@H]3CCC4=CC(=O)CC[C@@H]4[C@H]3CC[C@@]21C.CC(C)[C@H]1CC[C@H](C(=O)N[C@H](Cc2ccccc2)C(=O)O)CC1.CN(C)c1ccc(O)c2c1C[C@H]1C[C@H]3[C@H](N(C)C)C(O)=C(C(N)=O)C(=O)[C@@]3(O)C(O)=C1C2=O.CN1C(=O)CN=C(c2ccccc2)c2cc([N+](=O)[O-])ccc21.CNC(=O)c1cc(Oc2ccc(NC(=O)Nc3ccc(Cl)c(C(F)(F)F)c3)cc2)ccn1. The van der Waals surface area contributed by atoms with Gasteiger partial charge in [-0.2, -0.15) is 13.2 Å². The van der Waals surface area contributed by atoms with Crippen LogP contribution in [0.25, 0.3) is 0 Å². The van der Waals surface area contributed by atoms with Crippen molar-refractivity contribution in [3.8, 4) is 29.6 Å². The second kappa shape index (κ2) is 40.7. The van der Waals surface area contributed by atoms with E-state index in [9.17, 15) is 97.1 Å². The number of non-ortho nitro benzene ring substituents is 1. The van der Waals surface area contributed by atoms with Gasteiger partial charge in [-0.1, -0.05) is 105 Å². The number of benzene rings is 6. The minimum absolute atomic E-state index is 0.00184. The Hall–Kier alpha value is -13.1. The minimum Gasteiger partial charge on any atom is -0.510 e. The van der Waals surface area contributed by atoms with Crippen LogP contribution in [0.3, 0.4) is 0 Å². The molecule has 33 heteroatoms. The van der Waals surface area contributed by atoms with Crippen LogP contribution in [-0.2, 0) is 47.8 Å². The number of nitro groups is 1.